The summed E-state index contributed by atoms with van der Waals surface area (Å²) in [6.45, 7) is 2.03. The number of hydrogen-bond donors (Lipinski definition) is 1. The van der Waals surface area contributed by atoms with Crippen LogP contribution in [0.3, 0.4) is 0 Å². The Kier molecular flexibility index (Phi) is 8.96. The molecule has 2 aromatic carbocycles. The topological polar surface area (TPSA) is 49.4 Å². The molecule has 1 N–H and O–H groups in total. The van der Waals surface area contributed by atoms with Crippen molar-refractivity contribution in [2.75, 3.05) is 12.8 Å². The first-order valence-electron chi connectivity index (χ1n) is 8.59. The minimum atomic E-state index is -0.599. The van der Waals surface area contributed by atoms with Gasteiger partial charge in [0.25, 0.3) is 0 Å². The largest absolute Gasteiger partial charge is 0.357 e. The quantitative estimate of drug-likeness (QED) is 0.601. The van der Waals surface area contributed by atoms with Crippen LogP contribution in [0.1, 0.15) is 18.1 Å². The number of halogens is 3. The summed E-state index contributed by atoms with van der Waals surface area (Å²) in [5.74, 6) is 0.352. The first-order chi connectivity index (χ1) is 13.3. The van der Waals surface area contributed by atoms with Crippen molar-refractivity contribution in [2.24, 2.45) is 0 Å². The molecule has 8 heteroatoms. The Morgan fingerprint density at radius 3 is 2.25 bits per heavy atom. The second-order valence-electron chi connectivity index (χ2n) is 6.13. The summed E-state index contributed by atoms with van der Waals surface area (Å²) in [6.07, 6.45) is 0. The van der Waals surface area contributed by atoms with E-state index < -0.39 is 6.04 Å². The number of likely N-dealkylation sites (N-methyl/N-ethyl adjacent to an activating group) is 1. The fourth-order valence-corrected chi connectivity index (χ4v) is 4.34. The molecule has 2 rings (SSSR count). The Hall–Kier alpha value is -1.40. The first-order valence-corrected chi connectivity index (χ1v) is 10.9. The number of carbonyl (C=O) groups is 2. The number of thioether (sulfide) groups is 1. The van der Waals surface area contributed by atoms with Gasteiger partial charge in [0.2, 0.25) is 11.8 Å². The van der Waals surface area contributed by atoms with Crippen molar-refractivity contribution in [3.63, 3.8) is 0 Å². The lowest BCUT2D eigenvalue weighted by atomic mass is 10.1. The number of carbonyl (C=O) groups excluding carboxylic acids is 2. The van der Waals surface area contributed by atoms with E-state index in [0.717, 1.165) is 11.1 Å². The van der Waals surface area contributed by atoms with Gasteiger partial charge in [-0.2, -0.15) is 0 Å². The second-order valence-corrected chi connectivity index (χ2v) is 8.37. The summed E-state index contributed by atoms with van der Waals surface area (Å²) in [6, 6.07) is 11.9. The standard InChI is InChI=1S/C20H21Cl3N2O2S/c1-13(20(27)24-2)25(10-14-6-8-15(21)9-7-14)19(26)12-28-11-16-17(22)4-3-5-18(16)23/h3-9,13H,10-12H2,1-2H3,(H,24,27). The van der Waals surface area contributed by atoms with E-state index in [9.17, 15) is 9.59 Å². The third-order valence-corrected chi connectivity index (χ3v) is 6.12. The van der Waals surface area contributed by atoms with E-state index >= 15 is 0 Å². The fraction of sp³-hybridized carbons (Fsp3) is 0.300. The van der Waals surface area contributed by atoms with Gasteiger partial charge in [0, 0.05) is 34.4 Å². The number of rotatable bonds is 8. The molecular formula is C20H21Cl3N2O2S. The van der Waals surface area contributed by atoms with Crippen molar-refractivity contribution in [3.8, 4) is 0 Å². The number of nitrogens with zero attached hydrogens (tertiary/aromatic N) is 1. The molecule has 2 aromatic rings. The van der Waals surface area contributed by atoms with Crippen LogP contribution in [0.5, 0.6) is 0 Å². The smallest absolute Gasteiger partial charge is 0.242 e. The fourth-order valence-electron chi connectivity index (χ4n) is 2.57. The van der Waals surface area contributed by atoms with Crippen LogP contribution < -0.4 is 5.32 Å². The summed E-state index contributed by atoms with van der Waals surface area (Å²) < 4.78 is 0. The zero-order valence-corrected chi connectivity index (χ0v) is 18.6. The SMILES string of the molecule is CNC(=O)C(C)N(Cc1ccc(Cl)cc1)C(=O)CSCc1c(Cl)cccc1Cl. The summed E-state index contributed by atoms with van der Waals surface area (Å²) in [4.78, 5) is 26.5. The molecule has 28 heavy (non-hydrogen) atoms. The molecule has 0 aromatic heterocycles. The van der Waals surface area contributed by atoms with Gasteiger partial charge in [0.15, 0.2) is 0 Å². The average molecular weight is 460 g/mol. The van der Waals surface area contributed by atoms with Gasteiger partial charge in [0.05, 0.1) is 5.75 Å². The van der Waals surface area contributed by atoms with E-state index in [1.54, 1.807) is 49.2 Å². The second kappa shape index (κ2) is 11.0. The summed E-state index contributed by atoms with van der Waals surface area (Å²) in [7, 11) is 1.55. The lowest BCUT2D eigenvalue weighted by Gasteiger charge is -2.28. The van der Waals surface area contributed by atoms with Crippen molar-refractivity contribution >= 4 is 58.4 Å². The molecule has 0 saturated heterocycles. The summed E-state index contributed by atoms with van der Waals surface area (Å²) in [5, 5.41) is 4.36. The third kappa shape index (κ3) is 6.31. The van der Waals surface area contributed by atoms with Gasteiger partial charge in [0.1, 0.15) is 6.04 Å². The average Bonchev–Trinajstić information content (AvgIpc) is 2.68. The number of nitrogens with one attached hydrogen (secondary N) is 1. The first kappa shape index (κ1) is 22.9. The molecule has 0 radical (unpaired) electrons. The van der Waals surface area contributed by atoms with Gasteiger partial charge in [-0.3, -0.25) is 9.59 Å². The molecule has 0 heterocycles. The van der Waals surface area contributed by atoms with Crippen molar-refractivity contribution < 1.29 is 9.59 Å². The van der Waals surface area contributed by atoms with E-state index in [-0.39, 0.29) is 17.6 Å². The van der Waals surface area contributed by atoms with Gasteiger partial charge < -0.3 is 10.2 Å². The summed E-state index contributed by atoms with van der Waals surface area (Å²) in [5.41, 5.74) is 1.69. The highest BCUT2D eigenvalue weighted by Crippen LogP contribution is 2.28. The number of benzene rings is 2. The molecule has 2 amide bonds. The monoisotopic (exact) mass is 458 g/mol. The molecule has 0 saturated carbocycles. The van der Waals surface area contributed by atoms with Crippen LogP contribution in [-0.4, -0.2) is 35.6 Å². The van der Waals surface area contributed by atoms with Gasteiger partial charge in [-0.15, -0.1) is 11.8 Å². The predicted molar refractivity (Wildman–Crippen MR) is 118 cm³/mol. The van der Waals surface area contributed by atoms with Crippen LogP contribution in [0.15, 0.2) is 42.5 Å². The van der Waals surface area contributed by atoms with Crippen molar-refractivity contribution in [3.05, 3.63) is 68.7 Å². The van der Waals surface area contributed by atoms with E-state index in [0.29, 0.717) is 27.4 Å². The maximum absolute atomic E-state index is 12.9. The Bertz CT molecular complexity index is 810. The molecule has 1 unspecified atom stereocenters. The lowest BCUT2D eigenvalue weighted by molar-refractivity contribution is -0.138. The van der Waals surface area contributed by atoms with Crippen molar-refractivity contribution in [1.82, 2.24) is 10.2 Å². The van der Waals surface area contributed by atoms with E-state index in [2.05, 4.69) is 5.32 Å². The molecule has 0 spiro atoms. The molecule has 150 valence electrons. The minimum absolute atomic E-state index is 0.140. The lowest BCUT2D eigenvalue weighted by Crippen LogP contribution is -2.47. The highest BCUT2D eigenvalue weighted by molar-refractivity contribution is 7.99. The Balaban J connectivity index is 2.07. The normalized spacial score (nSPS) is 11.8. The highest BCUT2D eigenvalue weighted by Gasteiger charge is 2.25. The number of hydrogen-bond acceptors (Lipinski definition) is 3. The molecule has 0 bridgehead atoms. The van der Waals surface area contributed by atoms with Gasteiger partial charge in [-0.05, 0) is 42.3 Å². The van der Waals surface area contributed by atoms with E-state index in [4.69, 9.17) is 34.8 Å². The van der Waals surface area contributed by atoms with Crippen molar-refractivity contribution in [1.29, 1.82) is 0 Å². The van der Waals surface area contributed by atoms with Gasteiger partial charge in [-0.25, -0.2) is 0 Å². The van der Waals surface area contributed by atoms with E-state index in [1.165, 1.54) is 11.8 Å². The highest BCUT2D eigenvalue weighted by atomic mass is 35.5. The third-order valence-electron chi connectivity index (χ3n) is 4.21. The molecule has 4 nitrogen and oxygen atoms in total. The van der Waals surface area contributed by atoms with Crippen LogP contribution >= 0.6 is 46.6 Å². The maximum atomic E-state index is 12.9. The zero-order valence-electron chi connectivity index (χ0n) is 15.5. The van der Waals surface area contributed by atoms with Crippen LogP contribution in [0.4, 0.5) is 0 Å². The van der Waals surface area contributed by atoms with Gasteiger partial charge >= 0.3 is 0 Å². The molecule has 0 aliphatic rings. The Labute approximate surface area is 184 Å². The molecular weight excluding hydrogens is 439 g/mol. The van der Waals surface area contributed by atoms with Crippen LogP contribution in [0, 0.1) is 0 Å². The van der Waals surface area contributed by atoms with Crippen LogP contribution in [0.2, 0.25) is 15.1 Å². The number of amides is 2. The molecule has 1 atom stereocenters. The molecule has 0 fully saturated rings. The van der Waals surface area contributed by atoms with Crippen molar-refractivity contribution in [2.45, 2.75) is 25.3 Å². The van der Waals surface area contributed by atoms with Crippen LogP contribution in [0.25, 0.3) is 0 Å². The minimum Gasteiger partial charge on any atom is -0.357 e. The predicted octanol–water partition coefficient (Wildman–Crippen LogP) is 5.04. The molecule has 0 aliphatic carbocycles. The Morgan fingerprint density at radius 2 is 1.68 bits per heavy atom. The molecule has 0 aliphatic heterocycles. The summed E-state index contributed by atoms with van der Waals surface area (Å²) >= 11 is 19.7. The van der Waals surface area contributed by atoms with Crippen LogP contribution in [-0.2, 0) is 21.9 Å². The van der Waals surface area contributed by atoms with Gasteiger partial charge in [-0.1, -0.05) is 53.0 Å². The maximum Gasteiger partial charge on any atom is 0.242 e. The van der Waals surface area contributed by atoms with E-state index in [1.807, 2.05) is 12.1 Å². The Morgan fingerprint density at radius 1 is 1.07 bits per heavy atom. The zero-order chi connectivity index (χ0) is 20.7.